The Morgan fingerprint density at radius 3 is 1.59 bits per heavy atom. The second-order valence-corrected chi connectivity index (χ2v) is 4.99. The van der Waals surface area contributed by atoms with Crippen molar-refractivity contribution in [2.24, 2.45) is 0 Å². The Balaban J connectivity index is 2.96. The van der Waals surface area contributed by atoms with Crippen molar-refractivity contribution in [3.05, 3.63) is 19.2 Å². The Kier molecular flexibility index (Phi) is 13.2. The number of allylic oxidation sites excluding steroid dienone is 1. The summed E-state index contributed by atoms with van der Waals surface area (Å²) in [5.41, 5.74) is 1.18. The summed E-state index contributed by atoms with van der Waals surface area (Å²) in [4.78, 5) is 0. The number of hydrogen-bond donors (Lipinski definition) is 1. The van der Waals surface area contributed by atoms with E-state index in [-0.39, 0.29) is 0 Å². The molecular formula is C16H32N. The molecule has 0 aromatic rings. The van der Waals surface area contributed by atoms with Crippen molar-refractivity contribution in [1.82, 2.24) is 5.32 Å². The van der Waals surface area contributed by atoms with Crippen LogP contribution in [-0.4, -0.2) is 7.05 Å². The van der Waals surface area contributed by atoms with Crippen LogP contribution in [0, 0.1) is 6.92 Å². The molecule has 101 valence electrons. The average Bonchev–Trinajstić information content (AvgIpc) is 2.35. The van der Waals surface area contributed by atoms with Crippen molar-refractivity contribution in [3.8, 4) is 0 Å². The van der Waals surface area contributed by atoms with Crippen LogP contribution in [0.25, 0.3) is 0 Å². The monoisotopic (exact) mass is 238 g/mol. The van der Waals surface area contributed by atoms with Crippen LogP contribution < -0.4 is 5.32 Å². The minimum atomic E-state index is 1.11. The van der Waals surface area contributed by atoms with Gasteiger partial charge in [0.1, 0.15) is 0 Å². The van der Waals surface area contributed by atoms with Crippen molar-refractivity contribution in [2.75, 3.05) is 7.05 Å². The fraction of sp³-hybridized carbons (Fsp3) is 0.812. The number of unbranched alkanes of at least 4 members (excludes halogenated alkanes) is 10. The van der Waals surface area contributed by atoms with E-state index in [1.54, 1.807) is 0 Å². The van der Waals surface area contributed by atoms with Gasteiger partial charge in [-0.2, -0.15) is 0 Å². The number of rotatable bonds is 13. The highest BCUT2D eigenvalue weighted by Gasteiger charge is 1.94. The van der Waals surface area contributed by atoms with Gasteiger partial charge in [-0.25, -0.2) is 0 Å². The van der Waals surface area contributed by atoms with Gasteiger partial charge in [0, 0.05) is 12.7 Å². The Morgan fingerprint density at radius 1 is 0.765 bits per heavy atom. The fourth-order valence-corrected chi connectivity index (χ4v) is 2.05. The molecule has 0 aliphatic heterocycles. The van der Waals surface area contributed by atoms with Crippen molar-refractivity contribution in [1.29, 1.82) is 0 Å². The van der Waals surface area contributed by atoms with Crippen molar-refractivity contribution in [3.63, 3.8) is 0 Å². The largest absolute Gasteiger partial charge is 0.392 e. The number of nitrogens with one attached hydrogen (secondary N) is 1. The minimum absolute atomic E-state index is 1.11. The topological polar surface area (TPSA) is 12.0 Å². The second-order valence-electron chi connectivity index (χ2n) is 4.99. The van der Waals surface area contributed by atoms with Gasteiger partial charge in [-0.3, -0.25) is 0 Å². The molecular weight excluding hydrogens is 206 g/mol. The first-order chi connectivity index (χ1) is 8.31. The zero-order valence-electron chi connectivity index (χ0n) is 11.9. The van der Waals surface area contributed by atoms with E-state index in [0.29, 0.717) is 0 Å². The molecule has 0 fully saturated rings. The van der Waals surface area contributed by atoms with Gasteiger partial charge in [0.25, 0.3) is 0 Å². The molecule has 0 spiro atoms. The highest BCUT2D eigenvalue weighted by molar-refractivity contribution is 4.88. The van der Waals surface area contributed by atoms with Gasteiger partial charge in [0.15, 0.2) is 0 Å². The second kappa shape index (κ2) is 13.6. The average molecular weight is 238 g/mol. The van der Waals surface area contributed by atoms with Crippen molar-refractivity contribution < 1.29 is 0 Å². The van der Waals surface area contributed by atoms with Gasteiger partial charge in [0.2, 0.25) is 0 Å². The molecule has 0 rings (SSSR count). The third-order valence-electron chi connectivity index (χ3n) is 3.33. The van der Waals surface area contributed by atoms with E-state index in [1.165, 1.54) is 69.9 Å². The molecule has 0 amide bonds. The van der Waals surface area contributed by atoms with E-state index in [9.17, 15) is 0 Å². The summed E-state index contributed by atoms with van der Waals surface area (Å²) in [5.74, 6) is 0. The SMILES string of the molecule is [CH2]CCCCCCCCCCCCC(=C)NC. The van der Waals surface area contributed by atoms with Crippen LogP contribution >= 0.6 is 0 Å². The maximum absolute atomic E-state index is 3.94. The molecule has 1 heteroatoms. The molecule has 0 aromatic heterocycles. The summed E-state index contributed by atoms with van der Waals surface area (Å²) in [6.07, 6.45) is 16.1. The summed E-state index contributed by atoms with van der Waals surface area (Å²) in [6, 6.07) is 0. The van der Waals surface area contributed by atoms with E-state index in [1.807, 2.05) is 7.05 Å². The van der Waals surface area contributed by atoms with Crippen molar-refractivity contribution >= 4 is 0 Å². The quantitative estimate of drug-likeness (QED) is 0.433. The van der Waals surface area contributed by atoms with E-state index in [2.05, 4.69) is 18.8 Å². The molecule has 0 bridgehead atoms. The van der Waals surface area contributed by atoms with E-state index in [4.69, 9.17) is 0 Å². The molecule has 1 N–H and O–H groups in total. The van der Waals surface area contributed by atoms with Gasteiger partial charge >= 0.3 is 0 Å². The zero-order chi connectivity index (χ0) is 12.8. The van der Waals surface area contributed by atoms with Gasteiger partial charge in [-0.05, 0) is 12.8 Å². The smallest absolute Gasteiger partial charge is 0.00310 e. The fourth-order valence-electron chi connectivity index (χ4n) is 2.05. The molecule has 0 atom stereocenters. The minimum Gasteiger partial charge on any atom is -0.392 e. The van der Waals surface area contributed by atoms with E-state index < -0.39 is 0 Å². The molecule has 0 aliphatic rings. The zero-order valence-corrected chi connectivity index (χ0v) is 11.9. The lowest BCUT2D eigenvalue weighted by Gasteiger charge is -2.04. The lowest BCUT2D eigenvalue weighted by Crippen LogP contribution is -2.03. The van der Waals surface area contributed by atoms with Crippen LogP contribution in [0.5, 0.6) is 0 Å². The molecule has 17 heavy (non-hydrogen) atoms. The maximum Gasteiger partial charge on any atom is 0.00310 e. The highest BCUT2D eigenvalue weighted by Crippen LogP contribution is 2.12. The first-order valence-corrected chi connectivity index (χ1v) is 7.46. The third-order valence-corrected chi connectivity index (χ3v) is 3.33. The van der Waals surface area contributed by atoms with Crippen LogP contribution in [0.3, 0.4) is 0 Å². The summed E-state index contributed by atoms with van der Waals surface area (Å²) in [7, 11) is 1.96. The summed E-state index contributed by atoms with van der Waals surface area (Å²) >= 11 is 0. The van der Waals surface area contributed by atoms with Gasteiger partial charge in [0.05, 0.1) is 0 Å². The van der Waals surface area contributed by atoms with Crippen LogP contribution in [0.2, 0.25) is 0 Å². The molecule has 0 unspecified atom stereocenters. The standard InChI is InChI=1S/C16H32N/c1-4-5-6-7-8-9-10-11-12-13-14-15-16(2)17-3/h17H,1-2,4-15H2,3H3. The van der Waals surface area contributed by atoms with E-state index in [0.717, 1.165) is 12.8 Å². The van der Waals surface area contributed by atoms with Crippen LogP contribution in [0.1, 0.15) is 77.0 Å². The maximum atomic E-state index is 3.94. The lowest BCUT2D eigenvalue weighted by molar-refractivity contribution is 0.550. The Hall–Kier alpha value is -0.460. The third kappa shape index (κ3) is 13.5. The van der Waals surface area contributed by atoms with Crippen LogP contribution in [0.4, 0.5) is 0 Å². The normalized spacial score (nSPS) is 10.5. The Bertz CT molecular complexity index is 163. The molecule has 1 radical (unpaired) electrons. The molecule has 1 nitrogen and oxygen atoms in total. The van der Waals surface area contributed by atoms with Crippen LogP contribution in [-0.2, 0) is 0 Å². The Labute approximate surface area is 109 Å². The molecule has 0 aliphatic carbocycles. The molecule has 0 heterocycles. The molecule has 0 aromatic carbocycles. The summed E-state index contributed by atoms with van der Waals surface area (Å²) in [6.45, 7) is 7.81. The van der Waals surface area contributed by atoms with Gasteiger partial charge < -0.3 is 5.32 Å². The summed E-state index contributed by atoms with van der Waals surface area (Å²) in [5, 5.41) is 3.10. The summed E-state index contributed by atoms with van der Waals surface area (Å²) < 4.78 is 0. The molecule has 0 saturated carbocycles. The van der Waals surface area contributed by atoms with Crippen LogP contribution in [0.15, 0.2) is 12.3 Å². The Morgan fingerprint density at radius 2 is 1.18 bits per heavy atom. The predicted octanol–water partition coefficient (Wildman–Crippen LogP) is 5.23. The van der Waals surface area contributed by atoms with Gasteiger partial charge in [-0.15, -0.1) is 0 Å². The van der Waals surface area contributed by atoms with E-state index >= 15 is 0 Å². The highest BCUT2D eigenvalue weighted by atomic mass is 14.8. The lowest BCUT2D eigenvalue weighted by atomic mass is 10.0. The number of hydrogen-bond acceptors (Lipinski definition) is 1. The van der Waals surface area contributed by atoms with Gasteiger partial charge in [-0.1, -0.05) is 77.7 Å². The molecule has 0 saturated heterocycles. The predicted molar refractivity (Wildman–Crippen MR) is 79.0 cm³/mol. The first kappa shape index (κ1) is 16.5. The van der Waals surface area contributed by atoms with Crippen molar-refractivity contribution in [2.45, 2.75) is 77.0 Å². The first-order valence-electron chi connectivity index (χ1n) is 7.46.